The van der Waals surface area contributed by atoms with Gasteiger partial charge in [-0.15, -0.1) is 0 Å². The van der Waals surface area contributed by atoms with Crippen molar-refractivity contribution in [1.29, 1.82) is 0 Å². The lowest BCUT2D eigenvalue weighted by Gasteiger charge is -1.61. The molecule has 0 atom stereocenters. The Morgan fingerprint density at radius 3 is 1.43 bits per heavy atom. The number of methoxy groups -OCH3 is 1. The molecule has 0 aliphatic rings. The Balaban J connectivity index is 0. The molecule has 1 nitrogen and oxygen atoms in total. The molecule has 44 valence electrons. The molecule has 0 N–H and O–H groups in total. The molecule has 0 fully saturated rings. The number of halogens is 2. The quantitative estimate of drug-likeness (QED) is 0.460. The summed E-state index contributed by atoms with van der Waals surface area (Å²) in [6.07, 6.45) is -1.83. The summed E-state index contributed by atoms with van der Waals surface area (Å²) in [5.74, 6) is 0. The Morgan fingerprint density at radius 1 is 1.43 bits per heavy atom. The second-order valence-corrected chi connectivity index (χ2v) is 0.747. The Labute approximate surface area is 41.6 Å². The van der Waals surface area contributed by atoms with Gasteiger partial charge in [0.1, 0.15) is 0 Å². The number of ether oxygens (including phenoxy) is 1. The molecule has 0 unspecified atom stereocenters. The molecule has 0 aliphatic carbocycles. The smallest absolute Gasteiger partial charge is 0.263 e. The Bertz CT molecular complexity index is 41.0. The van der Waals surface area contributed by atoms with E-state index in [9.17, 15) is 8.78 Å². The third-order valence-electron chi connectivity index (χ3n) is 0. The lowest BCUT2D eigenvalue weighted by Crippen LogP contribution is -1.55. The molecule has 0 aromatic rings. The number of rotatable bonds is 0. The molecule has 0 spiro atoms. The highest BCUT2D eigenvalue weighted by atomic mass is 19.3. The SMILES string of the molecule is C=C(F)F.COC. The van der Waals surface area contributed by atoms with Crippen molar-refractivity contribution in [2.24, 2.45) is 0 Å². The van der Waals surface area contributed by atoms with Crippen LogP contribution in [0.25, 0.3) is 0 Å². The van der Waals surface area contributed by atoms with Gasteiger partial charge in [0.05, 0.1) is 0 Å². The summed E-state index contributed by atoms with van der Waals surface area (Å²) in [6, 6.07) is 0. The lowest BCUT2D eigenvalue weighted by molar-refractivity contribution is 0.277. The summed E-state index contributed by atoms with van der Waals surface area (Å²) >= 11 is 0. The highest BCUT2D eigenvalue weighted by Gasteiger charge is 1.65. The maximum atomic E-state index is 10.1. The molecule has 0 heterocycles. The fourth-order valence-corrected chi connectivity index (χ4v) is 0. The predicted octanol–water partition coefficient (Wildman–Crippen LogP) is 1.66. The Kier molecular flexibility index (Phi) is 12.7. The topological polar surface area (TPSA) is 9.23 Å². The van der Waals surface area contributed by atoms with Crippen LogP contribution < -0.4 is 0 Å². The van der Waals surface area contributed by atoms with Crippen LogP contribution in [0.2, 0.25) is 0 Å². The van der Waals surface area contributed by atoms with E-state index in [2.05, 4.69) is 11.3 Å². The van der Waals surface area contributed by atoms with Gasteiger partial charge in [0, 0.05) is 14.2 Å². The third-order valence-corrected chi connectivity index (χ3v) is 0. The zero-order valence-electron chi connectivity index (χ0n) is 4.37. The first-order valence-corrected chi connectivity index (χ1v) is 1.55. The zero-order chi connectivity index (χ0) is 6.28. The Hall–Kier alpha value is -0.440. The van der Waals surface area contributed by atoms with Gasteiger partial charge >= 0.3 is 0 Å². The van der Waals surface area contributed by atoms with Crippen LogP contribution in [0.3, 0.4) is 0 Å². The van der Waals surface area contributed by atoms with Crippen molar-refractivity contribution in [3.05, 3.63) is 12.7 Å². The van der Waals surface area contributed by atoms with Crippen molar-refractivity contribution in [2.45, 2.75) is 0 Å². The minimum Gasteiger partial charge on any atom is -0.388 e. The highest BCUT2D eigenvalue weighted by molar-refractivity contribution is 4.57. The molecule has 0 radical (unpaired) electrons. The fraction of sp³-hybridized carbons (Fsp3) is 0.500. The van der Waals surface area contributed by atoms with E-state index >= 15 is 0 Å². The molecular formula is C4H8F2O. The summed E-state index contributed by atoms with van der Waals surface area (Å²) < 4.78 is 24.5. The first-order valence-electron chi connectivity index (χ1n) is 1.55. The van der Waals surface area contributed by atoms with E-state index in [1.807, 2.05) is 0 Å². The van der Waals surface area contributed by atoms with E-state index < -0.39 is 6.08 Å². The van der Waals surface area contributed by atoms with Gasteiger partial charge in [-0.25, -0.2) is 0 Å². The van der Waals surface area contributed by atoms with E-state index in [4.69, 9.17) is 0 Å². The van der Waals surface area contributed by atoms with Crippen LogP contribution in [0.5, 0.6) is 0 Å². The lowest BCUT2D eigenvalue weighted by atomic mass is 11.2. The second-order valence-electron chi connectivity index (χ2n) is 0.747. The molecular weight excluding hydrogens is 102 g/mol. The van der Waals surface area contributed by atoms with Crippen molar-refractivity contribution in [2.75, 3.05) is 14.2 Å². The standard InChI is InChI=1S/C2H2F2.C2H6O/c1-2(3)4;1-3-2/h1H2;1-2H3. The third kappa shape index (κ3) is 364. The van der Waals surface area contributed by atoms with Gasteiger partial charge in [-0.05, 0) is 6.58 Å². The molecule has 0 amide bonds. The largest absolute Gasteiger partial charge is 0.388 e. The van der Waals surface area contributed by atoms with Gasteiger partial charge in [0.2, 0.25) is 0 Å². The molecule has 0 bridgehead atoms. The van der Waals surface area contributed by atoms with Crippen molar-refractivity contribution in [3.63, 3.8) is 0 Å². The summed E-state index contributed by atoms with van der Waals surface area (Å²) in [4.78, 5) is 0. The van der Waals surface area contributed by atoms with Crippen LogP contribution in [0.15, 0.2) is 12.7 Å². The molecule has 0 aromatic heterocycles. The number of hydrogen-bond acceptors (Lipinski definition) is 1. The predicted molar refractivity (Wildman–Crippen MR) is 24.3 cm³/mol. The molecule has 0 aliphatic heterocycles. The van der Waals surface area contributed by atoms with Crippen LogP contribution in [0.1, 0.15) is 0 Å². The summed E-state index contributed by atoms with van der Waals surface area (Å²) in [6.45, 7) is 2.22. The van der Waals surface area contributed by atoms with Crippen LogP contribution in [0.4, 0.5) is 8.78 Å². The van der Waals surface area contributed by atoms with Gasteiger partial charge in [0.25, 0.3) is 6.08 Å². The average molecular weight is 110 g/mol. The molecule has 0 aromatic carbocycles. The fourth-order valence-electron chi connectivity index (χ4n) is 0. The summed E-state index contributed by atoms with van der Waals surface area (Å²) in [7, 11) is 3.25. The highest BCUT2D eigenvalue weighted by Crippen LogP contribution is 1.85. The van der Waals surface area contributed by atoms with Crippen LogP contribution >= 0.6 is 0 Å². The minimum absolute atomic E-state index is 1.62. The van der Waals surface area contributed by atoms with Gasteiger partial charge in [-0.1, -0.05) is 0 Å². The molecule has 3 heteroatoms. The van der Waals surface area contributed by atoms with Crippen molar-refractivity contribution in [1.82, 2.24) is 0 Å². The van der Waals surface area contributed by atoms with E-state index in [1.54, 1.807) is 14.2 Å². The monoisotopic (exact) mass is 110 g/mol. The van der Waals surface area contributed by atoms with E-state index in [0.717, 1.165) is 0 Å². The van der Waals surface area contributed by atoms with Gasteiger partial charge in [0.15, 0.2) is 0 Å². The maximum absolute atomic E-state index is 10.1. The first kappa shape index (κ1) is 9.75. The van der Waals surface area contributed by atoms with Crippen LogP contribution in [-0.4, -0.2) is 14.2 Å². The summed E-state index contributed by atoms with van der Waals surface area (Å²) in [5.41, 5.74) is 0. The van der Waals surface area contributed by atoms with Gasteiger partial charge < -0.3 is 4.74 Å². The average Bonchev–Trinajstić information content (AvgIpc) is 1.33. The van der Waals surface area contributed by atoms with Gasteiger partial charge in [-0.2, -0.15) is 8.78 Å². The van der Waals surface area contributed by atoms with Crippen LogP contribution in [-0.2, 0) is 4.74 Å². The first-order chi connectivity index (χ1) is 3.15. The molecule has 0 saturated carbocycles. The summed E-state index contributed by atoms with van der Waals surface area (Å²) in [5, 5.41) is 0. The van der Waals surface area contributed by atoms with Crippen molar-refractivity contribution >= 4 is 0 Å². The van der Waals surface area contributed by atoms with Crippen molar-refractivity contribution in [3.8, 4) is 0 Å². The van der Waals surface area contributed by atoms with Gasteiger partial charge in [-0.3, -0.25) is 0 Å². The minimum atomic E-state index is -1.83. The Morgan fingerprint density at radius 2 is 1.43 bits per heavy atom. The second kappa shape index (κ2) is 9.12. The van der Waals surface area contributed by atoms with E-state index in [-0.39, 0.29) is 0 Å². The normalized spacial score (nSPS) is 6.29. The van der Waals surface area contributed by atoms with Crippen LogP contribution in [0, 0.1) is 0 Å². The maximum Gasteiger partial charge on any atom is 0.263 e. The molecule has 0 saturated heterocycles. The zero-order valence-corrected chi connectivity index (χ0v) is 4.37. The number of hydrogen-bond donors (Lipinski definition) is 0. The molecule has 7 heavy (non-hydrogen) atoms. The molecule has 0 rings (SSSR count). The van der Waals surface area contributed by atoms with Crippen molar-refractivity contribution < 1.29 is 13.5 Å². The van der Waals surface area contributed by atoms with E-state index in [0.29, 0.717) is 0 Å². The van der Waals surface area contributed by atoms with E-state index in [1.165, 1.54) is 0 Å².